The molecule has 0 spiro atoms. The van der Waals surface area contributed by atoms with Crippen LogP contribution in [0.15, 0.2) is 24.3 Å². The Morgan fingerprint density at radius 1 is 1.34 bits per heavy atom. The van der Waals surface area contributed by atoms with Crippen LogP contribution in [0.1, 0.15) is 37.7 Å². The van der Waals surface area contributed by atoms with E-state index in [2.05, 4.69) is 20.8 Å². The summed E-state index contributed by atoms with van der Waals surface area (Å²) in [6.45, 7) is 5.87. The highest BCUT2D eigenvalue weighted by atomic mass is 32.2. The molecule has 0 bridgehead atoms. The second-order valence-corrected chi connectivity index (χ2v) is 9.07. The van der Waals surface area contributed by atoms with E-state index in [9.17, 15) is 17.6 Å². The maximum atomic E-state index is 13.5. The molecule has 29 heavy (non-hydrogen) atoms. The predicted molar refractivity (Wildman–Crippen MR) is 106 cm³/mol. The van der Waals surface area contributed by atoms with Crippen LogP contribution in [-0.2, 0) is 21.2 Å². The molecule has 1 heterocycles. The molecule has 1 amide bonds. The van der Waals surface area contributed by atoms with E-state index < -0.39 is 16.1 Å². The van der Waals surface area contributed by atoms with Gasteiger partial charge < -0.3 is 5.32 Å². The summed E-state index contributed by atoms with van der Waals surface area (Å²) >= 11 is 0. The van der Waals surface area contributed by atoms with E-state index in [1.807, 2.05) is 0 Å². The van der Waals surface area contributed by atoms with Crippen molar-refractivity contribution >= 4 is 15.9 Å². The first-order valence-corrected chi connectivity index (χ1v) is 11.2. The Bertz CT molecular complexity index is 931. The van der Waals surface area contributed by atoms with Crippen LogP contribution in [0.4, 0.5) is 4.39 Å². The van der Waals surface area contributed by atoms with E-state index in [0.29, 0.717) is 30.9 Å². The van der Waals surface area contributed by atoms with E-state index in [-0.39, 0.29) is 24.2 Å². The number of amides is 1. The third kappa shape index (κ3) is 6.57. The van der Waals surface area contributed by atoms with Gasteiger partial charge in [0.1, 0.15) is 17.7 Å². The lowest BCUT2D eigenvalue weighted by molar-refractivity contribution is -0.124. The number of hydrogen-bond acceptors (Lipinski definition) is 6. The zero-order valence-electron chi connectivity index (χ0n) is 17.0. The van der Waals surface area contributed by atoms with E-state index in [0.717, 1.165) is 0 Å². The van der Waals surface area contributed by atoms with Crippen LogP contribution in [0, 0.1) is 12.7 Å². The molecule has 0 fully saturated rings. The van der Waals surface area contributed by atoms with Gasteiger partial charge in [-0.2, -0.15) is 4.31 Å². The van der Waals surface area contributed by atoms with Crippen LogP contribution in [0.5, 0.6) is 0 Å². The van der Waals surface area contributed by atoms with Gasteiger partial charge in [0.2, 0.25) is 15.9 Å². The molecule has 0 aliphatic heterocycles. The van der Waals surface area contributed by atoms with Gasteiger partial charge in [0.05, 0.1) is 6.26 Å². The zero-order chi connectivity index (χ0) is 21.6. The molecule has 2 aromatic rings. The number of rotatable bonds is 10. The monoisotopic (exact) mass is 426 g/mol. The van der Waals surface area contributed by atoms with Crippen LogP contribution in [0.3, 0.4) is 0 Å². The van der Waals surface area contributed by atoms with Crippen LogP contribution >= 0.6 is 0 Å². The van der Waals surface area contributed by atoms with Crippen LogP contribution in [-0.4, -0.2) is 64.2 Å². The fourth-order valence-electron chi connectivity index (χ4n) is 3.07. The molecule has 1 aromatic carbocycles. The largest absolute Gasteiger partial charge is 0.354 e. The van der Waals surface area contributed by atoms with Crippen LogP contribution < -0.4 is 5.32 Å². The molecule has 1 aromatic heterocycles. The highest BCUT2D eigenvalue weighted by Gasteiger charge is 2.25. The summed E-state index contributed by atoms with van der Waals surface area (Å²) in [4.78, 5) is 12.8. The summed E-state index contributed by atoms with van der Waals surface area (Å²) in [5.41, 5.74) is 0.642. The summed E-state index contributed by atoms with van der Waals surface area (Å²) in [5.74, 6) is -0.241. The molecule has 0 radical (unpaired) electrons. The third-order valence-corrected chi connectivity index (χ3v) is 5.89. The van der Waals surface area contributed by atoms with Crippen molar-refractivity contribution < 1.29 is 17.6 Å². The number of hydrogen-bond donors (Lipinski definition) is 1. The van der Waals surface area contributed by atoms with E-state index in [1.165, 1.54) is 27.4 Å². The molecular weight excluding hydrogens is 399 g/mol. The Labute approximate surface area is 170 Å². The SMILES string of the molecule is Cc1nnnn1C(Cc1cccc(F)c1)C(=O)NCCCN(C(C)C)S(C)(=O)=O. The van der Waals surface area contributed by atoms with Gasteiger partial charge in [-0.3, -0.25) is 4.79 Å². The Kier molecular flexibility index (Phi) is 7.80. The first-order chi connectivity index (χ1) is 13.6. The molecule has 11 heteroatoms. The van der Waals surface area contributed by atoms with Gasteiger partial charge >= 0.3 is 0 Å². The molecule has 1 unspecified atom stereocenters. The molecule has 0 saturated carbocycles. The van der Waals surface area contributed by atoms with Crippen molar-refractivity contribution in [1.29, 1.82) is 0 Å². The molecular formula is C18H27FN6O3S. The third-order valence-electron chi connectivity index (χ3n) is 4.43. The summed E-state index contributed by atoms with van der Waals surface area (Å²) in [6, 6.07) is 5.11. The number of carbonyl (C=O) groups excluding carboxylic acids is 1. The highest BCUT2D eigenvalue weighted by molar-refractivity contribution is 7.88. The first kappa shape index (κ1) is 22.9. The van der Waals surface area contributed by atoms with Gasteiger partial charge in [-0.15, -0.1) is 5.10 Å². The maximum absolute atomic E-state index is 13.5. The van der Waals surface area contributed by atoms with Crippen molar-refractivity contribution in [2.75, 3.05) is 19.3 Å². The molecule has 2 rings (SSSR count). The van der Waals surface area contributed by atoms with Gasteiger partial charge in [-0.1, -0.05) is 12.1 Å². The minimum absolute atomic E-state index is 0.162. The van der Waals surface area contributed by atoms with Gasteiger partial charge in [0, 0.05) is 25.6 Å². The first-order valence-electron chi connectivity index (χ1n) is 9.33. The lowest BCUT2D eigenvalue weighted by atomic mass is 10.0. The van der Waals surface area contributed by atoms with Crippen molar-refractivity contribution in [3.63, 3.8) is 0 Å². The van der Waals surface area contributed by atoms with Crippen molar-refractivity contribution in [2.24, 2.45) is 0 Å². The second-order valence-electron chi connectivity index (χ2n) is 7.13. The quantitative estimate of drug-likeness (QED) is 0.569. The smallest absolute Gasteiger partial charge is 0.245 e. The predicted octanol–water partition coefficient (Wildman–Crippen LogP) is 1.08. The van der Waals surface area contributed by atoms with E-state index in [4.69, 9.17) is 0 Å². The van der Waals surface area contributed by atoms with Gasteiger partial charge in [-0.05, 0) is 55.3 Å². The van der Waals surface area contributed by atoms with Gasteiger partial charge in [0.15, 0.2) is 0 Å². The number of aryl methyl sites for hydroxylation is 1. The average molecular weight is 427 g/mol. The Morgan fingerprint density at radius 2 is 2.07 bits per heavy atom. The lowest BCUT2D eigenvalue weighted by Crippen LogP contribution is -2.39. The topological polar surface area (TPSA) is 110 Å². The Hall–Kier alpha value is -2.40. The highest BCUT2D eigenvalue weighted by Crippen LogP contribution is 2.16. The molecule has 1 atom stereocenters. The molecule has 9 nitrogen and oxygen atoms in total. The molecule has 0 saturated heterocycles. The number of tetrazole rings is 1. The molecule has 1 N–H and O–H groups in total. The average Bonchev–Trinajstić information content (AvgIpc) is 3.03. The molecule has 0 aliphatic rings. The number of nitrogens with one attached hydrogen (secondary N) is 1. The van der Waals surface area contributed by atoms with Gasteiger partial charge in [0.25, 0.3) is 0 Å². The van der Waals surface area contributed by atoms with Crippen LogP contribution in [0.2, 0.25) is 0 Å². The number of benzene rings is 1. The Morgan fingerprint density at radius 3 is 2.62 bits per heavy atom. The van der Waals surface area contributed by atoms with Crippen molar-refractivity contribution in [2.45, 2.75) is 45.7 Å². The zero-order valence-corrected chi connectivity index (χ0v) is 17.9. The summed E-state index contributed by atoms with van der Waals surface area (Å²) in [5, 5.41) is 14.1. The van der Waals surface area contributed by atoms with Crippen molar-refractivity contribution in [3.8, 4) is 0 Å². The summed E-state index contributed by atoms with van der Waals surface area (Å²) in [6.07, 6.45) is 1.84. The number of carbonyl (C=O) groups is 1. The standard InChI is InChI=1S/C18H27FN6O3S/c1-13(2)24(29(4,27)28)10-6-9-20-18(26)17(25-14(3)21-22-23-25)12-15-7-5-8-16(19)11-15/h5,7-8,11,13,17H,6,9-10,12H2,1-4H3,(H,20,26). The van der Waals surface area contributed by atoms with Crippen LogP contribution in [0.25, 0.3) is 0 Å². The van der Waals surface area contributed by atoms with Crippen molar-refractivity contribution in [3.05, 3.63) is 41.5 Å². The van der Waals surface area contributed by atoms with Crippen molar-refractivity contribution in [1.82, 2.24) is 29.8 Å². The molecule has 160 valence electrons. The van der Waals surface area contributed by atoms with E-state index >= 15 is 0 Å². The normalized spacial score (nSPS) is 13.1. The lowest BCUT2D eigenvalue weighted by Gasteiger charge is -2.24. The fraction of sp³-hybridized carbons (Fsp3) is 0.556. The summed E-state index contributed by atoms with van der Waals surface area (Å²) in [7, 11) is -3.31. The van der Waals surface area contributed by atoms with Gasteiger partial charge in [-0.25, -0.2) is 17.5 Å². The number of sulfonamides is 1. The maximum Gasteiger partial charge on any atom is 0.245 e. The van der Waals surface area contributed by atoms with E-state index in [1.54, 1.807) is 32.9 Å². The minimum Gasteiger partial charge on any atom is -0.354 e. The number of nitrogens with zero attached hydrogens (tertiary/aromatic N) is 5. The number of halogens is 1. The Balaban J connectivity index is 2.04. The number of aromatic nitrogens is 4. The summed E-state index contributed by atoms with van der Waals surface area (Å²) < 4.78 is 39.9. The molecule has 0 aliphatic carbocycles. The second kappa shape index (κ2) is 9.88. The minimum atomic E-state index is -3.31. The fourth-order valence-corrected chi connectivity index (χ4v) is 4.30.